The van der Waals surface area contributed by atoms with E-state index in [1.807, 2.05) is 0 Å². The second-order valence-corrected chi connectivity index (χ2v) is 10.00. The molecule has 12 heteroatoms. The second-order valence-electron chi connectivity index (χ2n) is 7.91. The van der Waals surface area contributed by atoms with Crippen molar-refractivity contribution in [3.63, 3.8) is 0 Å². The molecule has 1 aliphatic heterocycles. The van der Waals surface area contributed by atoms with Gasteiger partial charge in [-0.1, -0.05) is 30.9 Å². The Hall–Kier alpha value is -3.18. The van der Waals surface area contributed by atoms with E-state index in [4.69, 9.17) is 11.6 Å². The first-order valence-corrected chi connectivity index (χ1v) is 12.0. The topological polar surface area (TPSA) is 125 Å². The van der Waals surface area contributed by atoms with E-state index in [9.17, 15) is 27.2 Å². The van der Waals surface area contributed by atoms with Crippen molar-refractivity contribution in [3.8, 4) is 0 Å². The summed E-state index contributed by atoms with van der Waals surface area (Å²) in [5.74, 6) is -1.92. The number of halogens is 2. The summed E-state index contributed by atoms with van der Waals surface area (Å²) in [5.41, 5.74) is 1.14. The van der Waals surface area contributed by atoms with Gasteiger partial charge in [0.1, 0.15) is 11.4 Å². The van der Waals surface area contributed by atoms with Gasteiger partial charge in [0.2, 0.25) is 0 Å². The number of urea groups is 1. The number of nitrogens with one attached hydrogen (secondary N) is 3. The summed E-state index contributed by atoms with van der Waals surface area (Å²) in [7, 11) is -4.12. The molecule has 1 saturated heterocycles. The number of benzene rings is 2. The highest BCUT2D eigenvalue weighted by molar-refractivity contribution is 7.92. The van der Waals surface area contributed by atoms with E-state index in [1.165, 1.54) is 18.2 Å². The molecular formula is C21H20ClFN4O5S. The zero-order chi connectivity index (χ0) is 23.8. The monoisotopic (exact) mass is 494 g/mol. The molecule has 174 valence electrons. The number of anilines is 1. The summed E-state index contributed by atoms with van der Waals surface area (Å²) >= 11 is 6.09. The van der Waals surface area contributed by atoms with Crippen LogP contribution in [0.1, 0.15) is 42.5 Å². The molecule has 33 heavy (non-hydrogen) atoms. The molecule has 0 unspecified atom stereocenters. The minimum absolute atomic E-state index is 0.00777. The van der Waals surface area contributed by atoms with Gasteiger partial charge in [-0.25, -0.2) is 17.6 Å². The van der Waals surface area contributed by atoms with Crippen molar-refractivity contribution in [2.24, 2.45) is 0 Å². The van der Waals surface area contributed by atoms with Gasteiger partial charge in [0.15, 0.2) is 0 Å². The molecular weight excluding hydrogens is 475 g/mol. The third-order valence-electron chi connectivity index (χ3n) is 5.68. The predicted octanol–water partition coefficient (Wildman–Crippen LogP) is 3.18. The molecule has 2 fully saturated rings. The van der Waals surface area contributed by atoms with Crippen molar-refractivity contribution < 1.29 is 27.2 Å². The molecule has 1 aliphatic carbocycles. The first kappa shape index (κ1) is 23.0. The maximum Gasteiger partial charge on any atom is 0.344 e. The van der Waals surface area contributed by atoms with E-state index in [2.05, 4.69) is 15.5 Å². The first-order valence-electron chi connectivity index (χ1n) is 10.2. The largest absolute Gasteiger partial charge is 0.344 e. The molecule has 4 rings (SSSR count). The normalized spacial score (nSPS) is 17.7. The van der Waals surface area contributed by atoms with Crippen LogP contribution < -0.4 is 15.5 Å². The Labute approximate surface area is 194 Å². The summed E-state index contributed by atoms with van der Waals surface area (Å²) in [6.45, 7) is 0. The lowest BCUT2D eigenvalue weighted by Crippen LogP contribution is -2.50. The fraction of sp³-hybridized carbons (Fsp3) is 0.286. The van der Waals surface area contributed by atoms with Crippen molar-refractivity contribution in [1.82, 2.24) is 15.8 Å². The van der Waals surface area contributed by atoms with Crippen LogP contribution in [0.3, 0.4) is 0 Å². The molecule has 1 saturated carbocycles. The number of nitrogens with zero attached hydrogens (tertiary/aromatic N) is 1. The molecule has 3 N–H and O–H groups in total. The number of amides is 4. The standard InChI is InChI=1S/C21H20ClFN4O5S/c22-16-9-4-13(12-17(16)26-33(31,32)15-7-5-14(23)6-8-15)18(28)25-27-19(29)21(24-20(27)30)10-2-1-3-11-21/h4-9,12,26H,1-3,10-11H2,(H,24,30)(H,25,28). The number of imide groups is 1. The summed E-state index contributed by atoms with van der Waals surface area (Å²) in [4.78, 5) is 37.7. The molecule has 0 bridgehead atoms. The Kier molecular flexibility index (Phi) is 6.02. The summed E-state index contributed by atoms with van der Waals surface area (Å²) < 4.78 is 40.5. The van der Waals surface area contributed by atoms with Crippen LogP contribution in [0, 0.1) is 5.82 Å². The van der Waals surface area contributed by atoms with Crippen molar-refractivity contribution >= 4 is 45.2 Å². The first-order chi connectivity index (χ1) is 15.6. The lowest BCUT2D eigenvalue weighted by molar-refractivity contribution is -0.134. The Morgan fingerprint density at radius 1 is 1.06 bits per heavy atom. The van der Waals surface area contributed by atoms with Crippen LogP contribution in [0.25, 0.3) is 0 Å². The van der Waals surface area contributed by atoms with Gasteiger partial charge < -0.3 is 5.32 Å². The smallest absolute Gasteiger partial charge is 0.322 e. The van der Waals surface area contributed by atoms with Gasteiger partial charge >= 0.3 is 6.03 Å². The van der Waals surface area contributed by atoms with Gasteiger partial charge in [0, 0.05) is 5.56 Å². The number of hydrazine groups is 1. The molecule has 1 heterocycles. The molecule has 0 aromatic heterocycles. The molecule has 9 nitrogen and oxygen atoms in total. The average molecular weight is 495 g/mol. The zero-order valence-electron chi connectivity index (χ0n) is 17.2. The number of carbonyl (C=O) groups excluding carboxylic acids is 3. The van der Waals surface area contributed by atoms with Gasteiger partial charge in [0.25, 0.3) is 21.8 Å². The van der Waals surface area contributed by atoms with E-state index in [0.717, 1.165) is 43.5 Å². The Morgan fingerprint density at radius 3 is 2.39 bits per heavy atom. The summed E-state index contributed by atoms with van der Waals surface area (Å²) in [6, 6.07) is 7.24. The van der Waals surface area contributed by atoms with Crippen LogP contribution in [-0.4, -0.2) is 36.8 Å². The highest BCUT2D eigenvalue weighted by atomic mass is 35.5. The minimum Gasteiger partial charge on any atom is -0.322 e. The molecule has 2 aromatic carbocycles. The van der Waals surface area contributed by atoms with Crippen LogP contribution in [0.4, 0.5) is 14.9 Å². The number of carbonyl (C=O) groups is 3. The molecule has 0 atom stereocenters. The van der Waals surface area contributed by atoms with Gasteiger partial charge in [-0.2, -0.15) is 5.01 Å². The quantitative estimate of drug-likeness (QED) is 0.550. The van der Waals surface area contributed by atoms with E-state index in [-0.39, 0.29) is 21.2 Å². The molecule has 1 spiro atoms. The lowest BCUT2D eigenvalue weighted by atomic mass is 9.82. The number of hydrogen-bond donors (Lipinski definition) is 3. The SMILES string of the molecule is O=C(NN1C(=O)NC2(CCCCC2)C1=O)c1ccc(Cl)c(NS(=O)(=O)c2ccc(F)cc2)c1. The van der Waals surface area contributed by atoms with Gasteiger partial charge in [0.05, 0.1) is 15.6 Å². The Morgan fingerprint density at radius 2 is 1.73 bits per heavy atom. The fourth-order valence-electron chi connectivity index (χ4n) is 3.94. The van der Waals surface area contributed by atoms with Crippen LogP contribution in [0.5, 0.6) is 0 Å². The van der Waals surface area contributed by atoms with E-state index >= 15 is 0 Å². The highest BCUT2D eigenvalue weighted by Crippen LogP contribution is 2.33. The Bertz CT molecular complexity index is 1230. The Balaban J connectivity index is 1.52. The molecule has 0 radical (unpaired) electrons. The summed E-state index contributed by atoms with van der Waals surface area (Å²) in [5, 5.41) is 3.35. The van der Waals surface area contributed by atoms with Crippen molar-refractivity contribution in [2.45, 2.75) is 42.5 Å². The maximum atomic E-state index is 13.1. The maximum absolute atomic E-state index is 13.1. The zero-order valence-corrected chi connectivity index (χ0v) is 18.8. The molecule has 4 amide bonds. The molecule has 2 aliphatic rings. The van der Waals surface area contributed by atoms with Crippen molar-refractivity contribution in [1.29, 1.82) is 0 Å². The second kappa shape index (κ2) is 8.64. The predicted molar refractivity (Wildman–Crippen MR) is 117 cm³/mol. The van der Waals surface area contributed by atoms with Crippen molar-refractivity contribution in [2.75, 3.05) is 4.72 Å². The van der Waals surface area contributed by atoms with Gasteiger partial charge in [-0.15, -0.1) is 0 Å². The fourth-order valence-corrected chi connectivity index (χ4v) is 5.24. The van der Waals surface area contributed by atoms with Gasteiger partial charge in [-0.3, -0.25) is 19.7 Å². The third kappa shape index (κ3) is 4.51. The minimum atomic E-state index is -4.12. The van der Waals surface area contributed by atoms with E-state index in [0.29, 0.717) is 17.9 Å². The number of rotatable bonds is 5. The van der Waals surface area contributed by atoms with E-state index < -0.39 is 39.2 Å². The van der Waals surface area contributed by atoms with Crippen LogP contribution in [0.2, 0.25) is 5.02 Å². The number of hydrogen-bond acceptors (Lipinski definition) is 5. The summed E-state index contributed by atoms with van der Waals surface area (Å²) in [6.07, 6.45) is 3.56. The highest BCUT2D eigenvalue weighted by Gasteiger charge is 2.52. The van der Waals surface area contributed by atoms with Crippen LogP contribution in [0.15, 0.2) is 47.4 Å². The van der Waals surface area contributed by atoms with Crippen LogP contribution >= 0.6 is 11.6 Å². The third-order valence-corrected chi connectivity index (χ3v) is 7.39. The lowest BCUT2D eigenvalue weighted by Gasteiger charge is -2.30. The van der Waals surface area contributed by atoms with E-state index in [1.54, 1.807) is 0 Å². The van der Waals surface area contributed by atoms with Crippen molar-refractivity contribution in [3.05, 3.63) is 58.9 Å². The molecule has 2 aromatic rings. The number of sulfonamides is 1. The average Bonchev–Trinajstić information content (AvgIpc) is 2.99. The van der Waals surface area contributed by atoms with Gasteiger partial charge in [-0.05, 0) is 55.3 Å². The van der Waals surface area contributed by atoms with Crippen LogP contribution in [-0.2, 0) is 14.8 Å².